The zero-order valence-corrected chi connectivity index (χ0v) is 11.8. The topological polar surface area (TPSA) is 43.4 Å². The smallest absolute Gasteiger partial charge is 0.170 e. The maximum atomic E-state index is 12.2. The second-order valence-electron chi connectivity index (χ2n) is 5.21. The van der Waals surface area contributed by atoms with Crippen molar-refractivity contribution in [3.05, 3.63) is 28.8 Å². The Balaban J connectivity index is 2.16. The van der Waals surface area contributed by atoms with Crippen molar-refractivity contribution >= 4 is 11.6 Å². The Labute approximate surface area is 114 Å². The van der Waals surface area contributed by atoms with Crippen LogP contribution in [0.25, 0.3) is 0 Å². The Morgan fingerprint density at radius 2 is 1.89 bits per heavy atom. The van der Waals surface area contributed by atoms with Crippen LogP contribution in [-0.2, 0) is 4.79 Å². The summed E-state index contributed by atoms with van der Waals surface area (Å²) in [6.07, 6.45) is 1.94. The number of hydrogen-bond acceptors (Lipinski definition) is 3. The number of carbonyl (C=O) groups excluding carboxylic acids is 2. The maximum Gasteiger partial charge on any atom is 0.170 e. The molecule has 0 N–H and O–H groups in total. The number of aryl methyl sites for hydroxylation is 2. The standard InChI is InChI=1S/C16H20O3/c1-4-19-16-8-10(2)13(7-11(16)3)15(18)9-14(17)12-5-6-12/h7-8,12H,4-6,9H2,1-3H3. The minimum absolute atomic E-state index is 0.0406. The number of Topliss-reactive ketones (excluding diaryl/α,β-unsaturated/α-hetero) is 2. The van der Waals surface area contributed by atoms with E-state index >= 15 is 0 Å². The molecule has 0 atom stereocenters. The zero-order valence-electron chi connectivity index (χ0n) is 11.8. The Bertz CT molecular complexity index is 513. The molecule has 1 fully saturated rings. The molecule has 1 aromatic carbocycles. The molecule has 0 unspecified atom stereocenters. The lowest BCUT2D eigenvalue weighted by Gasteiger charge is -2.11. The number of ketones is 2. The van der Waals surface area contributed by atoms with Gasteiger partial charge < -0.3 is 4.74 Å². The van der Waals surface area contributed by atoms with Crippen LogP contribution in [0.1, 0.15) is 47.7 Å². The minimum Gasteiger partial charge on any atom is -0.494 e. The van der Waals surface area contributed by atoms with Crippen LogP contribution in [-0.4, -0.2) is 18.2 Å². The highest BCUT2D eigenvalue weighted by Gasteiger charge is 2.31. The summed E-state index contributed by atoms with van der Waals surface area (Å²) in [5, 5.41) is 0. The molecule has 102 valence electrons. The molecule has 0 aromatic heterocycles. The molecule has 2 rings (SSSR count). The first-order chi connectivity index (χ1) is 9.02. The average Bonchev–Trinajstić information content (AvgIpc) is 3.17. The van der Waals surface area contributed by atoms with E-state index in [-0.39, 0.29) is 23.9 Å². The van der Waals surface area contributed by atoms with E-state index in [1.165, 1.54) is 0 Å². The van der Waals surface area contributed by atoms with Crippen molar-refractivity contribution in [2.24, 2.45) is 5.92 Å². The lowest BCUT2D eigenvalue weighted by Crippen LogP contribution is -2.11. The molecule has 0 heterocycles. The lowest BCUT2D eigenvalue weighted by molar-refractivity contribution is -0.119. The lowest BCUT2D eigenvalue weighted by atomic mass is 9.97. The Morgan fingerprint density at radius 3 is 2.47 bits per heavy atom. The fourth-order valence-corrected chi connectivity index (χ4v) is 2.20. The molecule has 0 bridgehead atoms. The predicted octanol–water partition coefficient (Wildman–Crippen LogP) is 3.25. The van der Waals surface area contributed by atoms with Crippen LogP contribution in [0.3, 0.4) is 0 Å². The van der Waals surface area contributed by atoms with E-state index in [1.807, 2.05) is 32.9 Å². The van der Waals surface area contributed by atoms with E-state index in [0.717, 1.165) is 29.7 Å². The fourth-order valence-electron chi connectivity index (χ4n) is 2.20. The van der Waals surface area contributed by atoms with Gasteiger partial charge >= 0.3 is 0 Å². The molecule has 0 amide bonds. The van der Waals surface area contributed by atoms with E-state index in [9.17, 15) is 9.59 Å². The highest BCUT2D eigenvalue weighted by Crippen LogP contribution is 2.32. The van der Waals surface area contributed by atoms with Crippen LogP contribution >= 0.6 is 0 Å². The third-order valence-electron chi connectivity index (χ3n) is 3.49. The van der Waals surface area contributed by atoms with E-state index in [1.54, 1.807) is 0 Å². The minimum atomic E-state index is -0.0689. The highest BCUT2D eigenvalue weighted by atomic mass is 16.5. The molecule has 0 saturated heterocycles. The van der Waals surface area contributed by atoms with Gasteiger partial charge in [-0.2, -0.15) is 0 Å². The fraction of sp³-hybridized carbons (Fsp3) is 0.500. The van der Waals surface area contributed by atoms with Crippen molar-refractivity contribution in [2.75, 3.05) is 6.61 Å². The Hall–Kier alpha value is -1.64. The van der Waals surface area contributed by atoms with Gasteiger partial charge in [-0.15, -0.1) is 0 Å². The molecule has 0 spiro atoms. The van der Waals surface area contributed by atoms with Gasteiger partial charge in [0.1, 0.15) is 11.5 Å². The van der Waals surface area contributed by atoms with Crippen LogP contribution < -0.4 is 4.74 Å². The summed E-state index contributed by atoms with van der Waals surface area (Å²) in [5.74, 6) is 0.981. The van der Waals surface area contributed by atoms with Crippen molar-refractivity contribution in [3.63, 3.8) is 0 Å². The van der Waals surface area contributed by atoms with Crippen LogP contribution in [0.15, 0.2) is 12.1 Å². The van der Waals surface area contributed by atoms with Gasteiger partial charge in [0.2, 0.25) is 0 Å². The summed E-state index contributed by atoms with van der Waals surface area (Å²) in [7, 11) is 0. The molecule has 0 radical (unpaired) electrons. The van der Waals surface area contributed by atoms with Gasteiger partial charge in [0.05, 0.1) is 13.0 Å². The van der Waals surface area contributed by atoms with Gasteiger partial charge in [-0.05, 0) is 56.9 Å². The molecule has 1 saturated carbocycles. The van der Waals surface area contributed by atoms with E-state index < -0.39 is 0 Å². The summed E-state index contributed by atoms with van der Waals surface area (Å²) in [6.45, 7) is 6.34. The van der Waals surface area contributed by atoms with Crippen LogP contribution in [0.5, 0.6) is 5.75 Å². The monoisotopic (exact) mass is 260 g/mol. The van der Waals surface area contributed by atoms with Crippen LogP contribution in [0.2, 0.25) is 0 Å². The number of benzene rings is 1. The summed E-state index contributed by atoms with van der Waals surface area (Å²) in [6, 6.07) is 3.72. The Kier molecular flexibility index (Phi) is 4.03. The first kappa shape index (κ1) is 13.8. The van der Waals surface area contributed by atoms with Gasteiger partial charge in [0, 0.05) is 11.5 Å². The van der Waals surface area contributed by atoms with Crippen molar-refractivity contribution < 1.29 is 14.3 Å². The van der Waals surface area contributed by atoms with Crippen molar-refractivity contribution in [1.29, 1.82) is 0 Å². The normalized spacial score (nSPS) is 14.3. The van der Waals surface area contributed by atoms with Gasteiger partial charge in [-0.25, -0.2) is 0 Å². The summed E-state index contributed by atoms with van der Waals surface area (Å²) < 4.78 is 5.50. The first-order valence-electron chi connectivity index (χ1n) is 6.83. The van der Waals surface area contributed by atoms with Crippen molar-refractivity contribution in [3.8, 4) is 5.75 Å². The molecule has 1 aliphatic carbocycles. The van der Waals surface area contributed by atoms with Gasteiger partial charge in [0.15, 0.2) is 5.78 Å². The highest BCUT2D eigenvalue weighted by molar-refractivity contribution is 6.09. The summed E-state index contributed by atoms with van der Waals surface area (Å²) >= 11 is 0. The molecular weight excluding hydrogens is 240 g/mol. The molecule has 3 heteroatoms. The van der Waals surface area contributed by atoms with Gasteiger partial charge in [0.25, 0.3) is 0 Å². The number of ether oxygens (including phenoxy) is 1. The quantitative estimate of drug-likeness (QED) is 0.582. The van der Waals surface area contributed by atoms with Crippen molar-refractivity contribution in [1.82, 2.24) is 0 Å². The number of hydrogen-bond donors (Lipinski definition) is 0. The van der Waals surface area contributed by atoms with Crippen LogP contribution in [0, 0.1) is 19.8 Å². The van der Waals surface area contributed by atoms with Gasteiger partial charge in [-0.1, -0.05) is 0 Å². The molecule has 3 nitrogen and oxygen atoms in total. The molecule has 1 aromatic rings. The largest absolute Gasteiger partial charge is 0.494 e. The summed E-state index contributed by atoms with van der Waals surface area (Å²) in [5.41, 5.74) is 2.47. The SMILES string of the molecule is CCOc1cc(C)c(C(=O)CC(=O)C2CC2)cc1C. The average molecular weight is 260 g/mol. The maximum absolute atomic E-state index is 12.2. The van der Waals surface area contributed by atoms with E-state index in [0.29, 0.717) is 12.2 Å². The van der Waals surface area contributed by atoms with E-state index in [4.69, 9.17) is 4.74 Å². The van der Waals surface area contributed by atoms with Crippen LogP contribution in [0.4, 0.5) is 0 Å². The molecule has 1 aliphatic rings. The van der Waals surface area contributed by atoms with Crippen molar-refractivity contribution in [2.45, 2.75) is 40.0 Å². The zero-order chi connectivity index (χ0) is 14.0. The van der Waals surface area contributed by atoms with E-state index in [2.05, 4.69) is 0 Å². The summed E-state index contributed by atoms with van der Waals surface area (Å²) in [4.78, 5) is 23.9. The third-order valence-corrected chi connectivity index (χ3v) is 3.49. The molecule has 19 heavy (non-hydrogen) atoms. The third kappa shape index (κ3) is 3.22. The number of rotatable bonds is 6. The number of carbonyl (C=O) groups is 2. The Morgan fingerprint density at radius 1 is 1.21 bits per heavy atom. The molecular formula is C16H20O3. The predicted molar refractivity (Wildman–Crippen MR) is 73.8 cm³/mol. The molecule has 0 aliphatic heterocycles. The second-order valence-corrected chi connectivity index (χ2v) is 5.21. The van der Waals surface area contributed by atoms with Gasteiger partial charge in [-0.3, -0.25) is 9.59 Å². The first-order valence-corrected chi connectivity index (χ1v) is 6.83. The second kappa shape index (κ2) is 5.55.